The van der Waals surface area contributed by atoms with Crippen LogP contribution in [0.3, 0.4) is 0 Å². The van der Waals surface area contributed by atoms with Crippen LogP contribution < -0.4 is 4.90 Å². The highest BCUT2D eigenvalue weighted by Gasteiger charge is 2.28. The third kappa shape index (κ3) is 2.93. The molecule has 0 bridgehead atoms. The first kappa shape index (κ1) is 14.1. The van der Waals surface area contributed by atoms with Gasteiger partial charge >= 0.3 is 6.01 Å². The molecule has 2 aromatic rings. The molecular weight excluding hydrogens is 266 g/mol. The first-order valence-corrected chi connectivity index (χ1v) is 7.36. The Labute approximate surface area is 124 Å². The molecule has 21 heavy (non-hydrogen) atoms. The molecule has 2 heterocycles. The van der Waals surface area contributed by atoms with E-state index in [9.17, 15) is 0 Å². The first-order chi connectivity index (χ1) is 10.2. The summed E-state index contributed by atoms with van der Waals surface area (Å²) in [5, 5.41) is 4.09. The molecule has 0 spiro atoms. The molecule has 1 aliphatic rings. The predicted octanol–water partition coefficient (Wildman–Crippen LogP) is 2.91. The van der Waals surface area contributed by atoms with Crippen molar-refractivity contribution >= 4 is 6.01 Å². The van der Waals surface area contributed by atoms with Gasteiger partial charge in [-0.3, -0.25) is 0 Å². The van der Waals surface area contributed by atoms with Crippen molar-refractivity contribution < 1.29 is 9.26 Å². The van der Waals surface area contributed by atoms with Gasteiger partial charge in [0.2, 0.25) is 5.82 Å². The van der Waals surface area contributed by atoms with Crippen molar-refractivity contribution in [1.29, 1.82) is 0 Å². The molecule has 5 nitrogen and oxygen atoms in total. The van der Waals surface area contributed by atoms with Crippen molar-refractivity contribution in [3.8, 4) is 11.4 Å². The Bertz CT molecular complexity index is 594. The molecule has 0 aliphatic carbocycles. The fourth-order valence-corrected chi connectivity index (χ4v) is 2.68. The van der Waals surface area contributed by atoms with Crippen LogP contribution in [0.2, 0.25) is 0 Å². The van der Waals surface area contributed by atoms with E-state index in [4.69, 9.17) is 9.26 Å². The minimum atomic E-state index is 0.216. The van der Waals surface area contributed by atoms with E-state index in [0.29, 0.717) is 17.8 Å². The summed E-state index contributed by atoms with van der Waals surface area (Å²) in [7, 11) is 1.76. The summed E-state index contributed by atoms with van der Waals surface area (Å²) in [5.41, 5.74) is 2.19. The van der Waals surface area contributed by atoms with E-state index in [1.807, 2.05) is 12.1 Å². The number of nitrogens with zero attached hydrogens (tertiary/aromatic N) is 3. The van der Waals surface area contributed by atoms with Gasteiger partial charge < -0.3 is 14.2 Å². The highest BCUT2D eigenvalue weighted by molar-refractivity contribution is 5.56. The average molecular weight is 287 g/mol. The number of anilines is 1. The molecule has 2 atom stereocenters. The molecule has 0 radical (unpaired) electrons. The number of aryl methyl sites for hydroxylation is 1. The van der Waals surface area contributed by atoms with Gasteiger partial charge in [-0.1, -0.05) is 41.9 Å². The maximum Gasteiger partial charge on any atom is 0.324 e. The minimum Gasteiger partial charge on any atom is -0.379 e. The van der Waals surface area contributed by atoms with Crippen LogP contribution in [0.5, 0.6) is 0 Å². The molecule has 3 rings (SSSR count). The van der Waals surface area contributed by atoms with Crippen molar-refractivity contribution in [3.63, 3.8) is 0 Å². The van der Waals surface area contributed by atoms with Crippen LogP contribution in [0.25, 0.3) is 11.4 Å². The number of rotatable bonds is 3. The molecule has 5 heteroatoms. The zero-order valence-corrected chi connectivity index (χ0v) is 12.7. The molecule has 1 aliphatic heterocycles. The fraction of sp³-hybridized carbons (Fsp3) is 0.500. The number of piperidine rings is 1. The largest absolute Gasteiger partial charge is 0.379 e. The molecule has 1 saturated heterocycles. The third-order valence-electron chi connectivity index (χ3n) is 4.19. The fourth-order valence-electron chi connectivity index (χ4n) is 2.68. The molecule has 1 fully saturated rings. The van der Waals surface area contributed by atoms with Crippen LogP contribution in [0.1, 0.15) is 18.9 Å². The second-order valence-corrected chi connectivity index (χ2v) is 5.75. The molecule has 112 valence electrons. The zero-order chi connectivity index (χ0) is 14.8. The lowest BCUT2D eigenvalue weighted by Gasteiger charge is -2.34. The summed E-state index contributed by atoms with van der Waals surface area (Å²) in [6, 6.07) is 8.71. The van der Waals surface area contributed by atoms with E-state index < -0.39 is 0 Å². The van der Waals surface area contributed by atoms with Crippen LogP contribution in [0.15, 0.2) is 28.8 Å². The van der Waals surface area contributed by atoms with Crippen LogP contribution in [-0.2, 0) is 4.74 Å². The highest BCUT2D eigenvalue weighted by atomic mass is 16.5. The standard InChI is InChI=1S/C16H21N3O2/c1-11-4-6-13(7-5-11)15-17-16(21-18-15)19-9-8-12(2)14(10-19)20-3/h4-7,12,14H,8-10H2,1-3H3. The van der Waals surface area contributed by atoms with Gasteiger partial charge in [-0.05, 0) is 19.3 Å². The zero-order valence-electron chi connectivity index (χ0n) is 12.7. The van der Waals surface area contributed by atoms with Crippen molar-refractivity contribution in [3.05, 3.63) is 29.8 Å². The summed E-state index contributed by atoms with van der Waals surface area (Å²) in [6.07, 6.45) is 1.29. The molecule has 0 N–H and O–H groups in total. The van der Waals surface area contributed by atoms with Crippen LogP contribution in [-0.4, -0.2) is 36.4 Å². The molecule has 0 amide bonds. The summed E-state index contributed by atoms with van der Waals surface area (Å²) >= 11 is 0. The quantitative estimate of drug-likeness (QED) is 0.868. The second-order valence-electron chi connectivity index (χ2n) is 5.75. The van der Waals surface area contributed by atoms with E-state index in [-0.39, 0.29) is 6.10 Å². The smallest absolute Gasteiger partial charge is 0.324 e. The molecule has 1 aromatic carbocycles. The minimum absolute atomic E-state index is 0.216. The third-order valence-corrected chi connectivity index (χ3v) is 4.19. The molecule has 2 unspecified atom stereocenters. The van der Waals surface area contributed by atoms with E-state index in [1.165, 1.54) is 5.56 Å². The second kappa shape index (κ2) is 5.85. The van der Waals surface area contributed by atoms with Gasteiger partial charge in [0.15, 0.2) is 0 Å². The lowest BCUT2D eigenvalue weighted by atomic mass is 9.96. The maximum atomic E-state index is 5.53. The van der Waals surface area contributed by atoms with Gasteiger partial charge in [0, 0.05) is 25.8 Å². The summed E-state index contributed by atoms with van der Waals surface area (Å²) in [6.45, 7) is 6.01. The van der Waals surface area contributed by atoms with Crippen LogP contribution >= 0.6 is 0 Å². The van der Waals surface area contributed by atoms with E-state index in [0.717, 1.165) is 25.1 Å². The Morgan fingerprint density at radius 1 is 1.29 bits per heavy atom. The van der Waals surface area contributed by atoms with Gasteiger partial charge in [0.1, 0.15) is 0 Å². The van der Waals surface area contributed by atoms with E-state index >= 15 is 0 Å². The number of methoxy groups -OCH3 is 1. The van der Waals surface area contributed by atoms with Crippen molar-refractivity contribution in [2.75, 3.05) is 25.1 Å². The van der Waals surface area contributed by atoms with Crippen LogP contribution in [0.4, 0.5) is 6.01 Å². The Balaban J connectivity index is 1.77. The molecule has 0 saturated carbocycles. The summed E-state index contributed by atoms with van der Waals surface area (Å²) in [5.74, 6) is 1.20. The van der Waals surface area contributed by atoms with Gasteiger partial charge in [-0.2, -0.15) is 4.98 Å². The molecular formula is C16H21N3O2. The first-order valence-electron chi connectivity index (χ1n) is 7.36. The lowest BCUT2D eigenvalue weighted by molar-refractivity contribution is 0.0483. The van der Waals surface area contributed by atoms with Gasteiger partial charge in [0.25, 0.3) is 0 Å². The number of hydrogen-bond acceptors (Lipinski definition) is 5. The monoisotopic (exact) mass is 287 g/mol. The summed E-state index contributed by atoms with van der Waals surface area (Å²) in [4.78, 5) is 6.63. The van der Waals surface area contributed by atoms with Gasteiger partial charge in [-0.25, -0.2) is 0 Å². The topological polar surface area (TPSA) is 51.4 Å². The SMILES string of the molecule is COC1CN(c2nc(-c3ccc(C)cc3)no2)CCC1C. The highest BCUT2D eigenvalue weighted by Crippen LogP contribution is 2.25. The number of benzene rings is 1. The van der Waals surface area contributed by atoms with E-state index in [1.54, 1.807) is 7.11 Å². The predicted molar refractivity (Wildman–Crippen MR) is 81.3 cm³/mol. The number of aromatic nitrogens is 2. The average Bonchev–Trinajstić information content (AvgIpc) is 2.98. The number of ether oxygens (including phenoxy) is 1. The maximum absolute atomic E-state index is 5.53. The lowest BCUT2D eigenvalue weighted by Crippen LogP contribution is -2.44. The summed E-state index contributed by atoms with van der Waals surface area (Å²) < 4.78 is 11.0. The van der Waals surface area contributed by atoms with Crippen LogP contribution in [0, 0.1) is 12.8 Å². The Hall–Kier alpha value is -1.88. The normalized spacial score (nSPS) is 22.5. The van der Waals surface area contributed by atoms with Gasteiger partial charge in [-0.15, -0.1) is 0 Å². The van der Waals surface area contributed by atoms with E-state index in [2.05, 4.69) is 41.0 Å². The van der Waals surface area contributed by atoms with Crippen molar-refractivity contribution in [2.45, 2.75) is 26.4 Å². The Kier molecular flexibility index (Phi) is 3.92. The van der Waals surface area contributed by atoms with Crippen molar-refractivity contribution in [2.24, 2.45) is 5.92 Å². The molecule has 1 aromatic heterocycles. The Morgan fingerprint density at radius 2 is 2.05 bits per heavy atom. The van der Waals surface area contributed by atoms with Crippen molar-refractivity contribution in [1.82, 2.24) is 10.1 Å². The Morgan fingerprint density at radius 3 is 2.76 bits per heavy atom. The number of hydrogen-bond donors (Lipinski definition) is 0. The van der Waals surface area contributed by atoms with Gasteiger partial charge in [0.05, 0.1) is 6.10 Å².